The van der Waals surface area contributed by atoms with E-state index in [0.717, 1.165) is 5.75 Å². The minimum absolute atomic E-state index is 0.209. The molecule has 1 aromatic heterocycles. The molecule has 0 aliphatic carbocycles. The number of nitrogens with two attached hydrogens (primary N) is 1. The van der Waals surface area contributed by atoms with Crippen molar-refractivity contribution in [2.75, 3.05) is 25.5 Å². The fourth-order valence-electron chi connectivity index (χ4n) is 2.05. The van der Waals surface area contributed by atoms with Gasteiger partial charge in [-0.3, -0.25) is 14.5 Å². The van der Waals surface area contributed by atoms with Crippen LogP contribution >= 0.6 is 22.9 Å². The Morgan fingerprint density at radius 1 is 1.32 bits per heavy atom. The van der Waals surface area contributed by atoms with E-state index >= 15 is 0 Å². The van der Waals surface area contributed by atoms with Crippen molar-refractivity contribution in [2.45, 2.75) is 13.0 Å². The Balaban J connectivity index is 1.83. The molecule has 1 atom stereocenters. The molecule has 25 heavy (non-hydrogen) atoms. The molecule has 0 bridgehead atoms. The van der Waals surface area contributed by atoms with Gasteiger partial charge in [0.25, 0.3) is 5.91 Å². The van der Waals surface area contributed by atoms with Gasteiger partial charge in [0.1, 0.15) is 17.4 Å². The monoisotopic (exact) mass is 381 g/mol. The molecule has 6 nitrogen and oxygen atoms in total. The van der Waals surface area contributed by atoms with Crippen LogP contribution in [0, 0.1) is 0 Å². The normalized spacial score (nSPS) is 12.0. The summed E-state index contributed by atoms with van der Waals surface area (Å²) >= 11 is 7.09. The molecule has 2 rings (SSSR count). The summed E-state index contributed by atoms with van der Waals surface area (Å²) in [5, 5.41) is 5.58. The number of halogens is 1. The highest BCUT2D eigenvalue weighted by Gasteiger charge is 2.20. The number of hydrogen-bond acceptors (Lipinski definition) is 5. The van der Waals surface area contributed by atoms with Gasteiger partial charge in [0, 0.05) is 11.6 Å². The van der Waals surface area contributed by atoms with Crippen LogP contribution < -0.4 is 15.8 Å². The average Bonchev–Trinajstić information content (AvgIpc) is 3.04. The number of nitrogens with one attached hydrogen (secondary N) is 1. The Morgan fingerprint density at radius 3 is 2.64 bits per heavy atom. The van der Waals surface area contributed by atoms with Crippen molar-refractivity contribution in [3.8, 4) is 5.75 Å². The van der Waals surface area contributed by atoms with Crippen molar-refractivity contribution in [1.29, 1.82) is 0 Å². The highest BCUT2D eigenvalue weighted by Crippen LogP contribution is 2.23. The number of thiophene rings is 1. The summed E-state index contributed by atoms with van der Waals surface area (Å²) < 4.78 is 5.63. The number of benzene rings is 1. The number of carbonyl (C=O) groups excluding carboxylic acids is 2. The van der Waals surface area contributed by atoms with E-state index in [1.165, 1.54) is 11.3 Å². The van der Waals surface area contributed by atoms with Crippen molar-refractivity contribution >= 4 is 39.8 Å². The van der Waals surface area contributed by atoms with Crippen LogP contribution in [0.25, 0.3) is 0 Å². The molecule has 0 radical (unpaired) electrons. The molecular formula is C17H20ClN3O3S. The second-order valence-corrected chi connectivity index (χ2v) is 6.83. The Hall–Kier alpha value is -2.09. The molecule has 3 N–H and O–H groups in total. The van der Waals surface area contributed by atoms with Gasteiger partial charge < -0.3 is 15.8 Å². The van der Waals surface area contributed by atoms with Gasteiger partial charge in [0.15, 0.2) is 0 Å². The number of primary amides is 1. The van der Waals surface area contributed by atoms with Crippen molar-refractivity contribution in [3.63, 3.8) is 0 Å². The highest BCUT2D eigenvalue weighted by molar-refractivity contribution is 7.14. The Kier molecular flexibility index (Phi) is 6.81. The van der Waals surface area contributed by atoms with E-state index in [1.54, 1.807) is 42.6 Å². The molecule has 2 aromatic rings. The molecular weight excluding hydrogens is 362 g/mol. The van der Waals surface area contributed by atoms with Gasteiger partial charge in [0.05, 0.1) is 11.6 Å². The van der Waals surface area contributed by atoms with Crippen molar-refractivity contribution in [2.24, 2.45) is 5.73 Å². The standard InChI is InChI=1S/C17H20ClN3O3S/c1-11(16(23)20-17-14(15(19)22)7-10-25-17)21(2)8-9-24-13-5-3-12(18)4-6-13/h3-7,10-11H,8-9H2,1-2H3,(H2,19,22)(H,20,23)/t11-/m1/s1. The lowest BCUT2D eigenvalue weighted by Crippen LogP contribution is -2.41. The second-order valence-electron chi connectivity index (χ2n) is 5.48. The highest BCUT2D eigenvalue weighted by atomic mass is 35.5. The van der Waals surface area contributed by atoms with E-state index in [1.807, 2.05) is 11.9 Å². The summed E-state index contributed by atoms with van der Waals surface area (Å²) in [7, 11) is 1.83. The zero-order valence-corrected chi connectivity index (χ0v) is 15.6. The molecule has 1 heterocycles. The third-order valence-corrected chi connectivity index (χ3v) is 4.82. The van der Waals surface area contributed by atoms with Crippen LogP contribution in [0.15, 0.2) is 35.7 Å². The second kappa shape index (κ2) is 8.84. The third-order valence-electron chi connectivity index (χ3n) is 3.73. The topological polar surface area (TPSA) is 84.7 Å². The van der Waals surface area contributed by atoms with Crippen LogP contribution in [0.5, 0.6) is 5.75 Å². The smallest absolute Gasteiger partial charge is 0.251 e. The Labute approximate surface area is 155 Å². The number of likely N-dealkylation sites (N-methyl/N-ethyl adjacent to an activating group) is 1. The third kappa shape index (κ3) is 5.45. The number of rotatable bonds is 8. The predicted molar refractivity (Wildman–Crippen MR) is 101 cm³/mol. The number of ether oxygens (including phenoxy) is 1. The van der Waals surface area contributed by atoms with Crippen molar-refractivity contribution in [1.82, 2.24) is 4.90 Å². The Bertz CT molecular complexity index is 733. The van der Waals surface area contributed by atoms with Gasteiger partial charge in [-0.1, -0.05) is 11.6 Å². The minimum Gasteiger partial charge on any atom is -0.492 e. The first-order chi connectivity index (χ1) is 11.9. The summed E-state index contributed by atoms with van der Waals surface area (Å²) in [6, 6.07) is 8.30. The number of nitrogens with zero attached hydrogens (tertiary/aromatic N) is 1. The van der Waals surface area contributed by atoms with E-state index in [0.29, 0.717) is 28.7 Å². The van der Waals surface area contributed by atoms with E-state index < -0.39 is 11.9 Å². The van der Waals surface area contributed by atoms with Crippen LogP contribution in [0.3, 0.4) is 0 Å². The molecule has 0 fully saturated rings. The average molecular weight is 382 g/mol. The zero-order chi connectivity index (χ0) is 18.4. The van der Waals surface area contributed by atoms with Gasteiger partial charge >= 0.3 is 0 Å². The van der Waals surface area contributed by atoms with Crippen LogP contribution in [-0.4, -0.2) is 43.0 Å². The summed E-state index contributed by atoms with van der Waals surface area (Å²) in [6.07, 6.45) is 0. The minimum atomic E-state index is -0.561. The molecule has 0 unspecified atom stereocenters. The SMILES string of the molecule is C[C@H](C(=O)Nc1sccc1C(N)=O)N(C)CCOc1ccc(Cl)cc1. The zero-order valence-electron chi connectivity index (χ0n) is 14.0. The lowest BCUT2D eigenvalue weighted by atomic mass is 10.2. The van der Waals surface area contributed by atoms with E-state index in [-0.39, 0.29) is 5.91 Å². The summed E-state index contributed by atoms with van der Waals surface area (Å²) in [4.78, 5) is 25.5. The van der Waals surface area contributed by atoms with Crippen LogP contribution in [-0.2, 0) is 4.79 Å². The van der Waals surface area contributed by atoms with Crippen LogP contribution in [0.2, 0.25) is 5.02 Å². The van der Waals surface area contributed by atoms with Crippen molar-refractivity contribution < 1.29 is 14.3 Å². The quantitative estimate of drug-likeness (QED) is 0.736. The lowest BCUT2D eigenvalue weighted by Gasteiger charge is -2.23. The predicted octanol–water partition coefficient (Wildman–Crippen LogP) is 2.84. The first-order valence-electron chi connectivity index (χ1n) is 7.65. The lowest BCUT2D eigenvalue weighted by molar-refractivity contribution is -0.120. The van der Waals surface area contributed by atoms with E-state index in [4.69, 9.17) is 22.1 Å². The number of anilines is 1. The summed E-state index contributed by atoms with van der Waals surface area (Å²) in [5.41, 5.74) is 5.60. The first-order valence-corrected chi connectivity index (χ1v) is 8.91. The summed E-state index contributed by atoms with van der Waals surface area (Å²) in [6.45, 7) is 2.78. The van der Waals surface area contributed by atoms with E-state index in [9.17, 15) is 9.59 Å². The fraction of sp³-hybridized carbons (Fsp3) is 0.294. The van der Waals surface area contributed by atoms with Gasteiger partial charge in [-0.25, -0.2) is 0 Å². The van der Waals surface area contributed by atoms with Gasteiger partial charge in [-0.2, -0.15) is 0 Å². The first kappa shape index (κ1) is 19.2. The van der Waals surface area contributed by atoms with Crippen LogP contribution in [0.4, 0.5) is 5.00 Å². The molecule has 134 valence electrons. The maximum Gasteiger partial charge on any atom is 0.251 e. The largest absolute Gasteiger partial charge is 0.492 e. The van der Waals surface area contributed by atoms with Gasteiger partial charge in [0.2, 0.25) is 5.91 Å². The molecule has 0 saturated heterocycles. The molecule has 0 saturated carbocycles. The summed E-state index contributed by atoms with van der Waals surface area (Å²) in [5.74, 6) is -0.0487. The maximum atomic E-state index is 12.3. The number of hydrogen-bond donors (Lipinski definition) is 2. The van der Waals surface area contributed by atoms with E-state index in [2.05, 4.69) is 5.32 Å². The van der Waals surface area contributed by atoms with Crippen molar-refractivity contribution in [3.05, 3.63) is 46.3 Å². The number of amides is 2. The molecule has 0 aliphatic heterocycles. The maximum absolute atomic E-state index is 12.3. The number of carbonyl (C=O) groups is 2. The fourth-order valence-corrected chi connectivity index (χ4v) is 2.97. The van der Waals surface area contributed by atoms with Gasteiger partial charge in [-0.05, 0) is 49.7 Å². The molecule has 8 heteroatoms. The molecule has 0 aliphatic rings. The van der Waals surface area contributed by atoms with Gasteiger partial charge in [-0.15, -0.1) is 11.3 Å². The molecule has 0 spiro atoms. The Morgan fingerprint density at radius 2 is 2.00 bits per heavy atom. The van der Waals surface area contributed by atoms with Crippen LogP contribution in [0.1, 0.15) is 17.3 Å². The molecule has 1 aromatic carbocycles. The molecule has 2 amide bonds.